The first-order valence-corrected chi connectivity index (χ1v) is 35.0. The third-order valence-corrected chi connectivity index (χ3v) is 20.0. The number of aliphatic hydroxyl groups excluding tert-OH is 24. The summed E-state index contributed by atoms with van der Waals surface area (Å²) in [5.74, 6) is -3.67. The summed E-state index contributed by atoms with van der Waals surface area (Å²) in [4.78, 5) is 51.3. The van der Waals surface area contributed by atoms with Crippen molar-refractivity contribution in [1.82, 2.24) is 21.3 Å². The molecule has 0 unspecified atom stereocenters. The number of amides is 4. The summed E-state index contributed by atoms with van der Waals surface area (Å²) in [6.07, 6.45) is -84.5. The summed E-state index contributed by atoms with van der Waals surface area (Å²) in [5.41, 5.74) is 0. The number of hydrogen-bond acceptors (Lipinski definition) is 45. The lowest BCUT2D eigenvalue weighted by Crippen LogP contribution is -2.71. The summed E-state index contributed by atoms with van der Waals surface area (Å²) < 4.78 is 103. The average Bonchev–Trinajstić information content (AvgIpc) is 1.02. The van der Waals surface area contributed by atoms with Gasteiger partial charge in [-0.05, 0) is 0 Å². The molecule has 49 nitrogen and oxygen atoms in total. The molecule has 9 saturated heterocycles. The number of aliphatic hydroxyl groups is 24. The van der Waals surface area contributed by atoms with Gasteiger partial charge in [0.05, 0.1) is 59.5 Å². The van der Waals surface area contributed by atoms with Crippen molar-refractivity contribution in [2.24, 2.45) is 0 Å². The summed E-state index contributed by atoms with van der Waals surface area (Å²) >= 11 is 0. The molecule has 28 N–H and O–H groups in total. The molecule has 0 spiro atoms. The van der Waals surface area contributed by atoms with E-state index in [-0.39, 0.29) is 0 Å². The van der Waals surface area contributed by atoms with Crippen molar-refractivity contribution < 1.29 is 222 Å². The minimum absolute atomic E-state index is 0.857. The highest BCUT2D eigenvalue weighted by molar-refractivity contribution is 5.74. The Kier molecular flexibility index (Phi) is 32.3. The standard InChI is InChI=1S/C61H102N4O45/c1-14(74)62-27-38(85)31(78)18(5-66)96-54(27)108-50-42(89)34(81)21(8-69)100-59(50)94-13-26-37(84)49(107-60-51(43(90)35(82)22(9-70)101-60)109-55-28(63-15(2)75)39(86)32(79)19(6-67)97-55)52(110-57-44(91)36(83)23(10-71)99-57)61(103-26)104-46-24(11-72)102-56(29(40(46)87)64-16(3)76)105-47-25(12-73)95-53(93)30(65-17(4)77)48(47)106-58-45(92)41(88)33(80)20(7-68)98-58/h18-61,66-73,78-93H,5-13H2,1-4H3,(H,62,74)(H,63,75)(H,64,76)(H,65,77)/t18-,19-,20-,21-,22-,23-,24-,25-,26-,27-,28-,29-,30-,31-,32-,33+,34-,35-,36+,37-,38-,39-,40-,41+,42+,43+,44-,45-,46-,47-,48-,49+,50+,51+,52+,53-,54+,55+,56+,57+,58-,59+,60-,61+/m1/s1. The van der Waals surface area contributed by atoms with Crippen LogP contribution in [0.4, 0.5) is 0 Å². The molecule has 9 rings (SSSR count). The van der Waals surface area contributed by atoms with Crippen molar-refractivity contribution in [3.63, 3.8) is 0 Å². The zero-order valence-electron chi connectivity index (χ0n) is 59.1. The molecule has 44 atom stereocenters. The van der Waals surface area contributed by atoms with E-state index < -0.39 is 353 Å². The fourth-order valence-corrected chi connectivity index (χ4v) is 14.2. The highest BCUT2D eigenvalue weighted by Gasteiger charge is 2.62. The van der Waals surface area contributed by atoms with Gasteiger partial charge in [0.25, 0.3) is 0 Å². The molecule has 49 heteroatoms. The van der Waals surface area contributed by atoms with Gasteiger partial charge in [0.15, 0.2) is 56.6 Å². The molecule has 110 heavy (non-hydrogen) atoms. The second-order valence-corrected chi connectivity index (χ2v) is 27.7. The molecule has 9 fully saturated rings. The lowest BCUT2D eigenvalue weighted by molar-refractivity contribution is -0.407. The van der Waals surface area contributed by atoms with Gasteiger partial charge in [0.2, 0.25) is 23.6 Å². The van der Waals surface area contributed by atoms with E-state index in [1.54, 1.807) is 0 Å². The number of carbonyl (C=O) groups is 4. The largest absolute Gasteiger partial charge is 0.394 e. The number of nitrogens with one attached hydrogen (secondary N) is 4. The van der Waals surface area contributed by atoms with Crippen molar-refractivity contribution in [1.29, 1.82) is 0 Å². The Balaban J connectivity index is 1.14. The predicted octanol–water partition coefficient (Wildman–Crippen LogP) is -19.4. The van der Waals surface area contributed by atoms with Crippen molar-refractivity contribution in [3.05, 3.63) is 0 Å². The third kappa shape index (κ3) is 19.7. The average molecular weight is 1610 g/mol. The van der Waals surface area contributed by atoms with Crippen LogP contribution < -0.4 is 21.3 Å². The molecule has 9 aliphatic rings. The maximum absolute atomic E-state index is 13.4. The number of ether oxygens (including phenoxy) is 17. The van der Waals surface area contributed by atoms with Crippen LogP contribution in [-0.2, 0) is 99.7 Å². The second kappa shape index (κ2) is 39.5. The molecule has 0 bridgehead atoms. The Morgan fingerprint density at radius 1 is 0.236 bits per heavy atom. The molecule has 0 aromatic rings. The highest BCUT2D eigenvalue weighted by atomic mass is 16.8. The molecular weight excluding hydrogens is 1510 g/mol. The Bertz CT molecular complexity index is 2920. The Labute approximate surface area is 622 Å². The van der Waals surface area contributed by atoms with Crippen LogP contribution in [-0.4, -0.2) is 476 Å². The monoisotopic (exact) mass is 1610 g/mol. The van der Waals surface area contributed by atoms with Gasteiger partial charge in [0, 0.05) is 27.7 Å². The topological polar surface area (TPSA) is 759 Å². The first-order chi connectivity index (χ1) is 52.1. The van der Waals surface area contributed by atoms with E-state index in [1.165, 1.54) is 0 Å². The maximum Gasteiger partial charge on any atom is 0.217 e. The number of rotatable bonds is 29. The lowest BCUT2D eigenvalue weighted by atomic mass is 9.93. The highest BCUT2D eigenvalue weighted by Crippen LogP contribution is 2.41. The van der Waals surface area contributed by atoms with Crippen LogP contribution in [0.15, 0.2) is 0 Å². The quantitative estimate of drug-likeness (QED) is 0.0331. The molecule has 0 saturated carbocycles. The molecule has 9 heterocycles. The molecule has 0 aliphatic carbocycles. The van der Waals surface area contributed by atoms with Gasteiger partial charge in [-0.2, -0.15) is 0 Å². The fraction of sp³-hybridized carbons (Fsp3) is 0.934. The Morgan fingerprint density at radius 2 is 0.518 bits per heavy atom. The van der Waals surface area contributed by atoms with E-state index in [0.29, 0.717) is 0 Å². The molecule has 0 aromatic carbocycles. The second-order valence-electron chi connectivity index (χ2n) is 27.7. The normalized spacial score (nSPS) is 48.8. The minimum atomic E-state index is -2.54. The maximum atomic E-state index is 13.4. The SMILES string of the molecule is CC(=O)N[C@@H]1[C@@H](O[C@H]2O[C@H](CO)[C@H](O)[C@H](O)[C@H]2O)[C@H](O[C@@H]2O[C@H](CO)[C@@H](O[C@@H]3O[C@H](CO[C@H]4O[C@H](CO)[C@@H](O)[C@H](O)[C@@H]4O[C@@H]4O[C@H](CO)[C@@H](O)[C@H](O)[C@H]4NC(C)=O)[C@@H](O)[C@H](O[C@H]4O[C@H](CO)[C@@H](O)[C@H](O)[C@@H]4O[C@@H]4O[C@H](CO)[C@@H](O)[C@H](O)[C@H]4NC(C)=O)[C@@H]3O[C@@H]3O[C@H](CO)[C@H](O)[C@H]3O)[C@H](O)[C@H]2NC(C)=O)[C@@H](CO)O[C@H]1O. The zero-order chi connectivity index (χ0) is 80.9. The first kappa shape index (κ1) is 90.2. The van der Waals surface area contributed by atoms with Crippen LogP contribution >= 0.6 is 0 Å². The Hall–Kier alpha value is -3.76. The van der Waals surface area contributed by atoms with Gasteiger partial charge in [0.1, 0.15) is 213 Å². The molecule has 9 aliphatic heterocycles. The predicted molar refractivity (Wildman–Crippen MR) is 337 cm³/mol. The Morgan fingerprint density at radius 3 is 0.955 bits per heavy atom. The third-order valence-electron chi connectivity index (χ3n) is 20.0. The van der Waals surface area contributed by atoms with Crippen LogP contribution in [0.25, 0.3) is 0 Å². The van der Waals surface area contributed by atoms with Gasteiger partial charge in [-0.15, -0.1) is 0 Å². The lowest BCUT2D eigenvalue weighted by Gasteiger charge is -2.52. The summed E-state index contributed by atoms with van der Waals surface area (Å²) in [7, 11) is 0. The van der Waals surface area contributed by atoms with E-state index in [9.17, 15) is 142 Å². The smallest absolute Gasteiger partial charge is 0.217 e. The van der Waals surface area contributed by atoms with Crippen molar-refractivity contribution >= 4 is 23.6 Å². The van der Waals surface area contributed by atoms with E-state index in [4.69, 9.17) is 80.5 Å². The molecular formula is C61H102N4O45. The van der Waals surface area contributed by atoms with Gasteiger partial charge in [-0.25, -0.2) is 0 Å². The fourth-order valence-electron chi connectivity index (χ4n) is 14.2. The summed E-state index contributed by atoms with van der Waals surface area (Å²) in [6, 6.07) is -7.51. The first-order valence-electron chi connectivity index (χ1n) is 35.0. The van der Waals surface area contributed by atoms with Crippen molar-refractivity contribution in [2.75, 3.05) is 59.5 Å². The molecule has 0 radical (unpaired) electrons. The van der Waals surface area contributed by atoms with E-state index >= 15 is 0 Å². The van der Waals surface area contributed by atoms with E-state index in [2.05, 4.69) is 21.3 Å². The number of hydrogen-bond donors (Lipinski definition) is 28. The van der Waals surface area contributed by atoms with Gasteiger partial charge < -0.3 is 224 Å². The number of carbonyl (C=O) groups excluding carboxylic acids is 4. The van der Waals surface area contributed by atoms with Crippen molar-refractivity contribution in [2.45, 2.75) is 298 Å². The van der Waals surface area contributed by atoms with E-state index in [1.807, 2.05) is 0 Å². The summed E-state index contributed by atoms with van der Waals surface area (Å²) in [5, 5.41) is 276. The van der Waals surface area contributed by atoms with Crippen LogP contribution in [0.5, 0.6) is 0 Å². The van der Waals surface area contributed by atoms with E-state index in [0.717, 1.165) is 27.7 Å². The van der Waals surface area contributed by atoms with Gasteiger partial charge >= 0.3 is 0 Å². The van der Waals surface area contributed by atoms with Gasteiger partial charge in [-0.3, -0.25) is 19.2 Å². The molecule has 0 aromatic heterocycles. The van der Waals surface area contributed by atoms with Crippen LogP contribution in [0.3, 0.4) is 0 Å². The molecule has 4 amide bonds. The van der Waals surface area contributed by atoms with Gasteiger partial charge in [-0.1, -0.05) is 0 Å². The molecule has 636 valence electrons. The minimum Gasteiger partial charge on any atom is -0.394 e. The van der Waals surface area contributed by atoms with Crippen molar-refractivity contribution in [3.8, 4) is 0 Å². The van der Waals surface area contributed by atoms with Crippen LogP contribution in [0.2, 0.25) is 0 Å². The zero-order valence-corrected chi connectivity index (χ0v) is 59.1. The van der Waals surface area contributed by atoms with Crippen LogP contribution in [0, 0.1) is 0 Å². The van der Waals surface area contributed by atoms with Crippen LogP contribution in [0.1, 0.15) is 27.7 Å². The summed E-state index contributed by atoms with van der Waals surface area (Å²) in [6.45, 7) is -6.20.